The van der Waals surface area contributed by atoms with E-state index in [1.165, 1.54) is 12.0 Å². The Hall–Kier alpha value is -1.56. The Labute approximate surface area is 114 Å². The van der Waals surface area contributed by atoms with E-state index in [1.807, 2.05) is 20.2 Å². The van der Waals surface area contributed by atoms with Crippen molar-refractivity contribution in [2.45, 2.75) is 19.9 Å². The molecule has 1 atom stereocenters. The Morgan fingerprint density at radius 3 is 3.16 bits per heavy atom. The molecule has 0 spiro atoms. The van der Waals surface area contributed by atoms with Crippen molar-refractivity contribution in [2.75, 3.05) is 33.9 Å². The van der Waals surface area contributed by atoms with Gasteiger partial charge in [-0.3, -0.25) is 10.1 Å². The summed E-state index contributed by atoms with van der Waals surface area (Å²) in [5, 5.41) is 10.4. The van der Waals surface area contributed by atoms with Crippen molar-refractivity contribution in [3.63, 3.8) is 0 Å². The van der Waals surface area contributed by atoms with Crippen LogP contribution >= 0.6 is 0 Å². The maximum absolute atomic E-state index is 5.22. The lowest BCUT2D eigenvalue weighted by atomic mass is 10.1. The Balaban J connectivity index is 1.86. The number of likely N-dealkylation sites (tertiary alicyclic amines) is 1. The maximum Gasteiger partial charge on any atom is 0.193 e. The van der Waals surface area contributed by atoms with Gasteiger partial charge in [0.05, 0.1) is 12.8 Å². The van der Waals surface area contributed by atoms with E-state index in [0.717, 1.165) is 37.9 Å². The molecule has 0 aromatic carbocycles. The molecule has 6 heteroatoms. The number of hydrogen-bond acceptors (Lipinski definition) is 3. The molecular weight excluding hydrogens is 242 g/mol. The van der Waals surface area contributed by atoms with Gasteiger partial charge in [-0.2, -0.15) is 5.10 Å². The molecule has 0 radical (unpaired) electrons. The van der Waals surface area contributed by atoms with Gasteiger partial charge in [-0.15, -0.1) is 0 Å². The fourth-order valence-corrected chi connectivity index (χ4v) is 2.46. The van der Waals surface area contributed by atoms with Crippen molar-refractivity contribution in [1.82, 2.24) is 20.4 Å². The summed E-state index contributed by atoms with van der Waals surface area (Å²) in [5.74, 6) is 1.57. The molecule has 1 aliphatic rings. The first-order chi connectivity index (χ1) is 9.24. The van der Waals surface area contributed by atoms with E-state index in [9.17, 15) is 0 Å². The second-order valence-electron chi connectivity index (χ2n) is 4.98. The number of aromatic nitrogens is 2. The summed E-state index contributed by atoms with van der Waals surface area (Å²) in [4.78, 5) is 6.64. The van der Waals surface area contributed by atoms with Crippen LogP contribution in [0.15, 0.2) is 11.2 Å². The first-order valence-corrected chi connectivity index (χ1v) is 6.68. The molecule has 106 valence electrons. The topological polar surface area (TPSA) is 65.5 Å². The van der Waals surface area contributed by atoms with E-state index in [0.29, 0.717) is 5.92 Å². The highest BCUT2D eigenvalue weighted by Gasteiger charge is 2.24. The van der Waals surface area contributed by atoms with Crippen molar-refractivity contribution in [3.05, 3.63) is 17.5 Å². The first kappa shape index (κ1) is 13.9. The van der Waals surface area contributed by atoms with Gasteiger partial charge in [0.1, 0.15) is 0 Å². The second kappa shape index (κ2) is 6.56. The van der Waals surface area contributed by atoms with Crippen LogP contribution in [-0.4, -0.2) is 54.9 Å². The van der Waals surface area contributed by atoms with Crippen LogP contribution in [0.25, 0.3) is 0 Å². The molecule has 1 aliphatic heterocycles. The summed E-state index contributed by atoms with van der Waals surface area (Å²) in [7, 11) is 3.59. The highest BCUT2D eigenvalue weighted by molar-refractivity contribution is 5.80. The lowest BCUT2D eigenvalue weighted by Crippen LogP contribution is -2.39. The van der Waals surface area contributed by atoms with Crippen LogP contribution < -0.4 is 5.32 Å². The monoisotopic (exact) mass is 265 g/mol. The normalized spacial score (nSPS) is 20.1. The number of ether oxygens (including phenoxy) is 1. The molecule has 6 nitrogen and oxygen atoms in total. The van der Waals surface area contributed by atoms with Crippen molar-refractivity contribution in [2.24, 2.45) is 10.9 Å². The molecule has 1 aromatic rings. The summed E-state index contributed by atoms with van der Waals surface area (Å²) in [6.07, 6.45) is 3.02. The average molecular weight is 265 g/mol. The van der Waals surface area contributed by atoms with Gasteiger partial charge in [0, 0.05) is 51.0 Å². The molecule has 1 aromatic heterocycles. The van der Waals surface area contributed by atoms with Crippen LogP contribution in [0.2, 0.25) is 0 Å². The third-order valence-corrected chi connectivity index (χ3v) is 3.57. The van der Waals surface area contributed by atoms with Gasteiger partial charge < -0.3 is 15.0 Å². The van der Waals surface area contributed by atoms with Crippen LogP contribution in [0.5, 0.6) is 0 Å². The van der Waals surface area contributed by atoms with Gasteiger partial charge in [-0.05, 0) is 13.3 Å². The first-order valence-electron chi connectivity index (χ1n) is 6.68. The summed E-state index contributed by atoms with van der Waals surface area (Å²) in [5.41, 5.74) is 2.27. The van der Waals surface area contributed by atoms with Crippen molar-refractivity contribution in [3.8, 4) is 0 Å². The van der Waals surface area contributed by atoms with Crippen LogP contribution in [0.1, 0.15) is 17.7 Å². The van der Waals surface area contributed by atoms with E-state index in [-0.39, 0.29) is 0 Å². The molecule has 2 N–H and O–H groups in total. The highest BCUT2D eigenvalue weighted by atomic mass is 16.5. The van der Waals surface area contributed by atoms with Gasteiger partial charge in [0.2, 0.25) is 0 Å². The number of rotatable bonds is 4. The van der Waals surface area contributed by atoms with Gasteiger partial charge in [0.25, 0.3) is 0 Å². The van der Waals surface area contributed by atoms with Crippen LogP contribution in [0, 0.1) is 12.8 Å². The zero-order valence-electron chi connectivity index (χ0n) is 11.9. The smallest absolute Gasteiger partial charge is 0.193 e. The van der Waals surface area contributed by atoms with E-state index in [1.54, 1.807) is 7.11 Å². The largest absolute Gasteiger partial charge is 0.384 e. The summed E-state index contributed by atoms with van der Waals surface area (Å²) in [6.45, 7) is 5.65. The maximum atomic E-state index is 5.22. The van der Waals surface area contributed by atoms with Crippen LogP contribution in [-0.2, 0) is 11.3 Å². The number of guanidine groups is 1. The minimum absolute atomic E-state index is 0.610. The van der Waals surface area contributed by atoms with Gasteiger partial charge in [-0.1, -0.05) is 0 Å². The molecule has 0 saturated carbocycles. The molecule has 1 fully saturated rings. The molecular formula is C13H23N5O. The number of H-pyrrole nitrogens is 1. The summed E-state index contributed by atoms with van der Waals surface area (Å²) >= 11 is 0. The lowest BCUT2D eigenvalue weighted by Gasteiger charge is -2.21. The fourth-order valence-electron chi connectivity index (χ4n) is 2.46. The molecule has 19 heavy (non-hydrogen) atoms. The van der Waals surface area contributed by atoms with E-state index >= 15 is 0 Å². The number of methoxy groups -OCH3 is 1. The van der Waals surface area contributed by atoms with Crippen LogP contribution in [0.4, 0.5) is 0 Å². The fraction of sp³-hybridized carbons (Fsp3) is 0.692. The minimum atomic E-state index is 0.610. The minimum Gasteiger partial charge on any atom is -0.384 e. The zero-order chi connectivity index (χ0) is 13.7. The highest BCUT2D eigenvalue weighted by Crippen LogP contribution is 2.16. The quantitative estimate of drug-likeness (QED) is 0.623. The summed E-state index contributed by atoms with van der Waals surface area (Å²) in [6, 6.07) is 0. The predicted molar refractivity (Wildman–Crippen MR) is 75.1 cm³/mol. The van der Waals surface area contributed by atoms with E-state index in [2.05, 4.69) is 25.4 Å². The standard InChI is InChI=1S/C13H23N5O/c1-10-12(7-16-17-10)6-15-13(14-2)18-5-4-11(8-18)9-19-3/h7,11H,4-6,8-9H2,1-3H3,(H,14,15)(H,16,17). The number of aliphatic imine (C=N–C) groups is 1. The third kappa shape index (κ3) is 3.47. The third-order valence-electron chi connectivity index (χ3n) is 3.57. The number of nitrogens with one attached hydrogen (secondary N) is 2. The predicted octanol–water partition coefficient (Wildman–Crippen LogP) is 0.762. The van der Waals surface area contributed by atoms with Crippen molar-refractivity contribution >= 4 is 5.96 Å². The van der Waals surface area contributed by atoms with Gasteiger partial charge in [0.15, 0.2) is 5.96 Å². The number of nitrogens with zero attached hydrogens (tertiary/aromatic N) is 3. The van der Waals surface area contributed by atoms with E-state index < -0.39 is 0 Å². The number of hydrogen-bond donors (Lipinski definition) is 2. The Kier molecular flexibility index (Phi) is 4.79. The molecule has 1 unspecified atom stereocenters. The Morgan fingerprint density at radius 1 is 1.68 bits per heavy atom. The molecule has 2 heterocycles. The summed E-state index contributed by atoms with van der Waals surface area (Å²) < 4.78 is 5.22. The van der Waals surface area contributed by atoms with Crippen LogP contribution in [0.3, 0.4) is 0 Å². The lowest BCUT2D eigenvalue weighted by molar-refractivity contribution is 0.157. The zero-order valence-corrected chi connectivity index (χ0v) is 11.9. The van der Waals surface area contributed by atoms with Crippen molar-refractivity contribution < 1.29 is 4.74 Å². The number of aryl methyl sites for hydroxylation is 1. The molecule has 1 saturated heterocycles. The SMILES string of the molecule is CN=C(NCc1cn[nH]c1C)N1CCC(COC)C1. The van der Waals surface area contributed by atoms with Crippen molar-refractivity contribution in [1.29, 1.82) is 0 Å². The van der Waals surface area contributed by atoms with E-state index in [4.69, 9.17) is 4.74 Å². The molecule has 0 amide bonds. The second-order valence-corrected chi connectivity index (χ2v) is 4.98. The molecule has 2 rings (SSSR count). The Morgan fingerprint density at radius 2 is 2.53 bits per heavy atom. The average Bonchev–Trinajstić information content (AvgIpc) is 3.01. The number of aromatic amines is 1. The molecule has 0 bridgehead atoms. The van der Waals surface area contributed by atoms with Gasteiger partial charge >= 0.3 is 0 Å². The van der Waals surface area contributed by atoms with Gasteiger partial charge in [-0.25, -0.2) is 0 Å². The Bertz CT molecular complexity index is 428. The molecule has 0 aliphatic carbocycles.